The molecule has 1 aliphatic rings. The fraction of sp³-hybridized carbons (Fsp3) is 0.400. The Labute approximate surface area is 108 Å². The molecule has 0 radical (unpaired) electrons. The summed E-state index contributed by atoms with van der Waals surface area (Å²) in [5.41, 5.74) is 9.34. The molecule has 3 nitrogen and oxygen atoms in total. The summed E-state index contributed by atoms with van der Waals surface area (Å²) >= 11 is 0. The molecule has 2 heterocycles. The highest BCUT2D eigenvalue weighted by Crippen LogP contribution is 2.31. The Hall–Kier alpha value is -1.61. The van der Waals surface area contributed by atoms with Crippen LogP contribution in [0.5, 0.6) is 0 Å². The van der Waals surface area contributed by atoms with Crippen molar-refractivity contribution in [2.24, 2.45) is 5.73 Å². The highest BCUT2D eigenvalue weighted by Gasteiger charge is 2.24. The number of benzene rings is 1. The predicted octanol–water partition coefficient (Wildman–Crippen LogP) is 2.47. The van der Waals surface area contributed by atoms with Gasteiger partial charge in [-0.3, -0.25) is 4.98 Å². The highest BCUT2D eigenvalue weighted by atomic mass is 15.2. The number of rotatable bonds is 2. The number of hydrogen-bond acceptors (Lipinski definition) is 3. The van der Waals surface area contributed by atoms with Crippen LogP contribution in [0.2, 0.25) is 0 Å². The molecular weight excluding hydrogens is 222 g/mol. The van der Waals surface area contributed by atoms with E-state index in [1.807, 2.05) is 6.07 Å². The van der Waals surface area contributed by atoms with Crippen molar-refractivity contribution in [3.05, 3.63) is 36.0 Å². The molecule has 3 rings (SSSR count). The summed E-state index contributed by atoms with van der Waals surface area (Å²) in [7, 11) is 0. The van der Waals surface area contributed by atoms with Gasteiger partial charge >= 0.3 is 0 Å². The van der Waals surface area contributed by atoms with E-state index >= 15 is 0 Å². The predicted molar refractivity (Wildman–Crippen MR) is 75.9 cm³/mol. The zero-order valence-electron chi connectivity index (χ0n) is 10.8. The highest BCUT2D eigenvalue weighted by molar-refractivity contribution is 5.92. The molecule has 3 heteroatoms. The standard InChI is InChI=1S/C15H19N3/c1-11-9-15(18-8-4-5-12(18)10-16)13-6-2-3-7-14(13)17-11/h2-3,6-7,9,12H,4-5,8,10,16H2,1H3. The van der Waals surface area contributed by atoms with E-state index in [1.165, 1.54) is 23.9 Å². The van der Waals surface area contributed by atoms with Gasteiger partial charge in [-0.15, -0.1) is 0 Å². The average Bonchev–Trinajstić information content (AvgIpc) is 2.85. The Morgan fingerprint density at radius 2 is 2.22 bits per heavy atom. The van der Waals surface area contributed by atoms with E-state index in [-0.39, 0.29) is 0 Å². The normalized spacial score (nSPS) is 19.7. The van der Waals surface area contributed by atoms with Crippen molar-refractivity contribution in [1.82, 2.24) is 4.98 Å². The lowest BCUT2D eigenvalue weighted by molar-refractivity contribution is 0.678. The van der Waals surface area contributed by atoms with E-state index in [9.17, 15) is 0 Å². The van der Waals surface area contributed by atoms with Crippen molar-refractivity contribution in [3.63, 3.8) is 0 Å². The van der Waals surface area contributed by atoms with Gasteiger partial charge in [0, 0.05) is 35.9 Å². The summed E-state index contributed by atoms with van der Waals surface area (Å²) in [5.74, 6) is 0. The minimum atomic E-state index is 0.482. The van der Waals surface area contributed by atoms with Crippen molar-refractivity contribution < 1.29 is 0 Å². The van der Waals surface area contributed by atoms with Crippen LogP contribution in [-0.4, -0.2) is 24.1 Å². The number of hydrogen-bond donors (Lipinski definition) is 1. The maximum Gasteiger partial charge on any atom is 0.0726 e. The van der Waals surface area contributed by atoms with Gasteiger partial charge in [-0.1, -0.05) is 18.2 Å². The second kappa shape index (κ2) is 4.58. The van der Waals surface area contributed by atoms with Crippen LogP contribution in [0.15, 0.2) is 30.3 Å². The summed E-state index contributed by atoms with van der Waals surface area (Å²) in [6.45, 7) is 3.90. The first-order valence-corrected chi connectivity index (χ1v) is 6.62. The molecule has 18 heavy (non-hydrogen) atoms. The van der Waals surface area contributed by atoms with Crippen LogP contribution < -0.4 is 10.6 Å². The Kier molecular flexibility index (Phi) is 2.92. The van der Waals surface area contributed by atoms with Gasteiger partial charge in [-0.25, -0.2) is 0 Å². The lowest BCUT2D eigenvalue weighted by atomic mass is 10.1. The average molecular weight is 241 g/mol. The molecule has 2 N–H and O–H groups in total. The number of para-hydroxylation sites is 1. The van der Waals surface area contributed by atoms with Gasteiger partial charge in [0.25, 0.3) is 0 Å². The second-order valence-corrected chi connectivity index (χ2v) is 5.03. The van der Waals surface area contributed by atoms with E-state index in [0.29, 0.717) is 6.04 Å². The summed E-state index contributed by atoms with van der Waals surface area (Å²) < 4.78 is 0. The first-order chi connectivity index (χ1) is 8.79. The van der Waals surface area contributed by atoms with Gasteiger partial charge in [0.15, 0.2) is 0 Å². The number of nitrogens with two attached hydrogens (primary N) is 1. The van der Waals surface area contributed by atoms with Crippen LogP contribution in [0.3, 0.4) is 0 Å². The summed E-state index contributed by atoms with van der Waals surface area (Å²) in [4.78, 5) is 7.06. The Balaban J connectivity index is 2.15. The fourth-order valence-corrected chi connectivity index (χ4v) is 2.92. The lowest BCUT2D eigenvalue weighted by Gasteiger charge is -2.27. The number of anilines is 1. The second-order valence-electron chi connectivity index (χ2n) is 5.03. The van der Waals surface area contributed by atoms with E-state index < -0.39 is 0 Å². The molecule has 1 aliphatic heterocycles. The molecular formula is C15H19N3. The zero-order valence-corrected chi connectivity index (χ0v) is 10.8. The molecule has 0 aliphatic carbocycles. The molecule has 1 saturated heterocycles. The third-order valence-electron chi connectivity index (χ3n) is 3.78. The van der Waals surface area contributed by atoms with Crippen LogP contribution in [0.4, 0.5) is 5.69 Å². The molecule has 1 atom stereocenters. The van der Waals surface area contributed by atoms with Gasteiger partial charge in [-0.05, 0) is 31.9 Å². The van der Waals surface area contributed by atoms with E-state index in [2.05, 4.69) is 41.1 Å². The van der Waals surface area contributed by atoms with Gasteiger partial charge in [-0.2, -0.15) is 0 Å². The van der Waals surface area contributed by atoms with Crippen LogP contribution >= 0.6 is 0 Å². The van der Waals surface area contributed by atoms with Crippen molar-refractivity contribution in [1.29, 1.82) is 0 Å². The maximum atomic E-state index is 5.89. The third kappa shape index (κ3) is 1.85. The maximum absolute atomic E-state index is 5.89. The fourth-order valence-electron chi connectivity index (χ4n) is 2.92. The summed E-state index contributed by atoms with van der Waals surface area (Å²) in [5, 5.41) is 1.24. The molecule has 1 unspecified atom stereocenters. The molecule has 1 aromatic carbocycles. The number of pyridine rings is 1. The minimum Gasteiger partial charge on any atom is -0.367 e. The van der Waals surface area contributed by atoms with E-state index in [1.54, 1.807) is 0 Å². The first-order valence-electron chi connectivity index (χ1n) is 6.62. The molecule has 1 aromatic heterocycles. The van der Waals surface area contributed by atoms with E-state index in [0.717, 1.165) is 24.3 Å². The van der Waals surface area contributed by atoms with Crippen LogP contribution in [0.1, 0.15) is 18.5 Å². The SMILES string of the molecule is Cc1cc(N2CCCC2CN)c2ccccc2n1. The molecule has 0 bridgehead atoms. The number of aromatic nitrogens is 1. The molecule has 0 amide bonds. The summed E-state index contributed by atoms with van der Waals surface area (Å²) in [6.07, 6.45) is 2.43. The Bertz CT molecular complexity index is 565. The smallest absolute Gasteiger partial charge is 0.0726 e. The topological polar surface area (TPSA) is 42.1 Å². The molecule has 1 fully saturated rings. The Morgan fingerprint density at radius 1 is 1.39 bits per heavy atom. The molecule has 94 valence electrons. The van der Waals surface area contributed by atoms with E-state index in [4.69, 9.17) is 5.73 Å². The van der Waals surface area contributed by atoms with Gasteiger partial charge < -0.3 is 10.6 Å². The largest absolute Gasteiger partial charge is 0.367 e. The Morgan fingerprint density at radius 3 is 3.06 bits per heavy atom. The summed E-state index contributed by atoms with van der Waals surface area (Å²) in [6, 6.07) is 11.0. The molecule has 0 spiro atoms. The quantitative estimate of drug-likeness (QED) is 0.878. The van der Waals surface area contributed by atoms with Crippen LogP contribution in [0, 0.1) is 6.92 Å². The van der Waals surface area contributed by atoms with Crippen molar-refractivity contribution in [2.45, 2.75) is 25.8 Å². The van der Waals surface area contributed by atoms with Crippen LogP contribution in [-0.2, 0) is 0 Å². The van der Waals surface area contributed by atoms with Gasteiger partial charge in [0.05, 0.1) is 5.52 Å². The van der Waals surface area contributed by atoms with Gasteiger partial charge in [0.1, 0.15) is 0 Å². The number of fused-ring (bicyclic) bond motifs is 1. The van der Waals surface area contributed by atoms with Crippen LogP contribution in [0.25, 0.3) is 10.9 Å². The molecule has 2 aromatic rings. The van der Waals surface area contributed by atoms with Crippen molar-refractivity contribution in [2.75, 3.05) is 18.0 Å². The monoisotopic (exact) mass is 241 g/mol. The minimum absolute atomic E-state index is 0.482. The number of nitrogens with zero attached hydrogens (tertiary/aromatic N) is 2. The van der Waals surface area contributed by atoms with Crippen molar-refractivity contribution in [3.8, 4) is 0 Å². The zero-order chi connectivity index (χ0) is 12.5. The van der Waals surface area contributed by atoms with Gasteiger partial charge in [0.2, 0.25) is 0 Å². The first kappa shape index (κ1) is 11.5. The van der Waals surface area contributed by atoms with Crippen molar-refractivity contribution >= 4 is 16.6 Å². The number of aryl methyl sites for hydroxylation is 1. The lowest BCUT2D eigenvalue weighted by Crippen LogP contribution is -2.35. The molecule has 0 saturated carbocycles. The third-order valence-corrected chi connectivity index (χ3v) is 3.78.